The maximum absolute atomic E-state index is 5.85. The number of hydrogen-bond acceptors (Lipinski definition) is 2. The fourth-order valence-electron chi connectivity index (χ4n) is 2.25. The molecule has 1 aliphatic rings. The monoisotopic (exact) mass is 417 g/mol. The molecule has 0 aliphatic heterocycles. The molecule has 0 spiro atoms. The van der Waals surface area contributed by atoms with Crippen LogP contribution in [0.15, 0.2) is 35.3 Å². The first kappa shape index (κ1) is 19.2. The molecule has 0 amide bonds. The van der Waals surface area contributed by atoms with Crippen LogP contribution >= 0.6 is 24.0 Å². The highest BCUT2D eigenvalue weighted by molar-refractivity contribution is 14.0. The maximum Gasteiger partial charge on any atom is 0.191 e. The Morgan fingerprint density at radius 1 is 1.36 bits per heavy atom. The maximum atomic E-state index is 5.85. The van der Waals surface area contributed by atoms with Gasteiger partial charge in [0, 0.05) is 26.2 Å². The van der Waals surface area contributed by atoms with E-state index in [2.05, 4.69) is 41.6 Å². The normalized spacial score (nSPS) is 21.7. The van der Waals surface area contributed by atoms with E-state index in [1.165, 1.54) is 12.0 Å². The number of aliphatic imine (C=N–C) groups is 1. The summed E-state index contributed by atoms with van der Waals surface area (Å²) in [4.78, 5) is 4.24. The Kier molecular flexibility index (Phi) is 8.78. The fourth-order valence-corrected chi connectivity index (χ4v) is 2.25. The van der Waals surface area contributed by atoms with Gasteiger partial charge in [-0.3, -0.25) is 4.99 Å². The van der Waals surface area contributed by atoms with Gasteiger partial charge in [0.15, 0.2) is 5.96 Å². The summed E-state index contributed by atoms with van der Waals surface area (Å²) in [5, 5.41) is 6.75. The van der Waals surface area contributed by atoms with Gasteiger partial charge in [-0.05, 0) is 31.2 Å². The second-order valence-corrected chi connectivity index (χ2v) is 5.74. The van der Waals surface area contributed by atoms with Crippen molar-refractivity contribution in [2.45, 2.75) is 38.8 Å². The lowest BCUT2D eigenvalue weighted by Crippen LogP contribution is -2.39. The summed E-state index contributed by atoms with van der Waals surface area (Å²) in [6, 6.07) is 10.9. The lowest BCUT2D eigenvalue weighted by molar-refractivity contribution is 0.0646. The lowest BCUT2D eigenvalue weighted by Gasteiger charge is -2.14. The first-order valence-electron chi connectivity index (χ1n) is 7.84. The van der Waals surface area contributed by atoms with Crippen LogP contribution < -0.4 is 10.6 Å². The number of ether oxygens (including phenoxy) is 1. The second kappa shape index (κ2) is 10.0. The van der Waals surface area contributed by atoms with Gasteiger partial charge in [0.05, 0.1) is 6.10 Å². The predicted octanol–water partition coefficient (Wildman–Crippen LogP) is 3.35. The molecule has 1 saturated carbocycles. The lowest BCUT2D eigenvalue weighted by atomic mass is 10.1. The number of rotatable bonds is 7. The topological polar surface area (TPSA) is 45.7 Å². The van der Waals surface area contributed by atoms with Gasteiger partial charge < -0.3 is 15.4 Å². The molecule has 0 aromatic heterocycles. The number of benzene rings is 1. The van der Waals surface area contributed by atoms with E-state index in [0.29, 0.717) is 6.04 Å². The number of nitrogens with zero attached hydrogens (tertiary/aromatic N) is 1. The van der Waals surface area contributed by atoms with E-state index in [1.54, 1.807) is 0 Å². The average molecular weight is 417 g/mol. The van der Waals surface area contributed by atoms with Gasteiger partial charge in [-0.25, -0.2) is 0 Å². The Labute approximate surface area is 151 Å². The molecule has 0 heterocycles. The van der Waals surface area contributed by atoms with Crippen LogP contribution in [-0.4, -0.2) is 32.2 Å². The molecule has 3 atom stereocenters. The Morgan fingerprint density at radius 2 is 2.05 bits per heavy atom. The molecular weight excluding hydrogens is 389 g/mol. The molecule has 0 radical (unpaired) electrons. The van der Waals surface area contributed by atoms with Gasteiger partial charge in [0.2, 0.25) is 0 Å². The molecule has 2 N–H and O–H groups in total. The summed E-state index contributed by atoms with van der Waals surface area (Å²) in [5.41, 5.74) is 1.23. The molecule has 1 fully saturated rings. The average Bonchev–Trinajstić information content (AvgIpc) is 3.21. The third-order valence-electron chi connectivity index (χ3n) is 3.91. The highest BCUT2D eigenvalue weighted by Gasteiger charge is 2.33. The van der Waals surface area contributed by atoms with E-state index in [0.717, 1.165) is 31.4 Å². The smallest absolute Gasteiger partial charge is 0.191 e. The van der Waals surface area contributed by atoms with Crippen LogP contribution in [0.5, 0.6) is 0 Å². The molecule has 3 unspecified atom stereocenters. The number of guanidine groups is 1. The third kappa shape index (κ3) is 6.52. The van der Waals surface area contributed by atoms with Gasteiger partial charge >= 0.3 is 0 Å². The molecule has 0 saturated heterocycles. The number of nitrogens with one attached hydrogen (secondary N) is 2. The van der Waals surface area contributed by atoms with Crippen molar-refractivity contribution in [1.29, 1.82) is 0 Å². The first-order valence-corrected chi connectivity index (χ1v) is 7.84. The summed E-state index contributed by atoms with van der Waals surface area (Å²) in [5.74, 6) is 1.68. The van der Waals surface area contributed by atoms with Crippen molar-refractivity contribution in [2.24, 2.45) is 10.9 Å². The highest BCUT2D eigenvalue weighted by atomic mass is 127. The summed E-state index contributed by atoms with van der Waals surface area (Å²) in [6.07, 6.45) is 2.37. The van der Waals surface area contributed by atoms with Gasteiger partial charge in [-0.1, -0.05) is 37.3 Å². The third-order valence-corrected chi connectivity index (χ3v) is 3.91. The Balaban J connectivity index is 0.00000242. The van der Waals surface area contributed by atoms with Crippen molar-refractivity contribution in [2.75, 3.05) is 20.2 Å². The minimum Gasteiger partial charge on any atom is -0.374 e. The standard InChI is InChI=1S/C17H27N3O.HI/c1-13-12-16(13)20-17(18-3)19-10-7-11-21-14(2)15-8-5-4-6-9-15;/h4-6,8-9,13-14,16H,7,10-12H2,1-3H3,(H2,18,19,20);1H. The zero-order valence-corrected chi connectivity index (χ0v) is 16.0. The molecule has 124 valence electrons. The minimum absolute atomic E-state index is 0. The number of hydrogen-bond donors (Lipinski definition) is 2. The molecular formula is C17H28IN3O. The van der Waals surface area contributed by atoms with E-state index < -0.39 is 0 Å². The van der Waals surface area contributed by atoms with E-state index in [-0.39, 0.29) is 30.1 Å². The molecule has 1 aliphatic carbocycles. The van der Waals surface area contributed by atoms with Crippen LogP contribution in [0.3, 0.4) is 0 Å². The van der Waals surface area contributed by atoms with Gasteiger partial charge in [0.1, 0.15) is 0 Å². The van der Waals surface area contributed by atoms with Crippen LogP contribution in [-0.2, 0) is 4.74 Å². The van der Waals surface area contributed by atoms with Crippen molar-refractivity contribution >= 4 is 29.9 Å². The molecule has 1 aromatic rings. The van der Waals surface area contributed by atoms with Crippen molar-refractivity contribution in [3.63, 3.8) is 0 Å². The van der Waals surface area contributed by atoms with E-state index >= 15 is 0 Å². The van der Waals surface area contributed by atoms with Crippen LogP contribution in [0.25, 0.3) is 0 Å². The van der Waals surface area contributed by atoms with E-state index in [4.69, 9.17) is 4.74 Å². The summed E-state index contributed by atoms with van der Waals surface area (Å²) in [7, 11) is 1.82. The molecule has 4 nitrogen and oxygen atoms in total. The van der Waals surface area contributed by atoms with Crippen LogP contribution in [0.1, 0.15) is 38.4 Å². The molecule has 5 heteroatoms. The van der Waals surface area contributed by atoms with Gasteiger partial charge in [-0.2, -0.15) is 0 Å². The van der Waals surface area contributed by atoms with Gasteiger partial charge in [-0.15, -0.1) is 24.0 Å². The van der Waals surface area contributed by atoms with Gasteiger partial charge in [0.25, 0.3) is 0 Å². The zero-order chi connectivity index (χ0) is 15.1. The zero-order valence-electron chi connectivity index (χ0n) is 13.7. The van der Waals surface area contributed by atoms with Crippen molar-refractivity contribution in [3.8, 4) is 0 Å². The predicted molar refractivity (Wildman–Crippen MR) is 103 cm³/mol. The highest BCUT2D eigenvalue weighted by Crippen LogP contribution is 2.28. The van der Waals surface area contributed by atoms with Crippen molar-refractivity contribution in [1.82, 2.24) is 10.6 Å². The SMILES string of the molecule is CN=C(NCCCOC(C)c1ccccc1)NC1CC1C.I. The fraction of sp³-hybridized carbons (Fsp3) is 0.588. The molecule has 1 aromatic carbocycles. The van der Waals surface area contributed by atoms with Crippen LogP contribution in [0.4, 0.5) is 0 Å². The Morgan fingerprint density at radius 3 is 2.64 bits per heavy atom. The van der Waals surface area contributed by atoms with E-state index in [9.17, 15) is 0 Å². The van der Waals surface area contributed by atoms with Crippen LogP contribution in [0.2, 0.25) is 0 Å². The summed E-state index contributed by atoms with van der Waals surface area (Å²) in [6.45, 7) is 5.98. The Hall–Kier alpha value is -0.820. The van der Waals surface area contributed by atoms with E-state index in [1.807, 2.05) is 25.2 Å². The van der Waals surface area contributed by atoms with Crippen LogP contribution in [0, 0.1) is 5.92 Å². The van der Waals surface area contributed by atoms with Crippen molar-refractivity contribution < 1.29 is 4.74 Å². The summed E-state index contributed by atoms with van der Waals surface area (Å²) >= 11 is 0. The largest absolute Gasteiger partial charge is 0.374 e. The molecule has 2 rings (SSSR count). The second-order valence-electron chi connectivity index (χ2n) is 5.74. The quantitative estimate of drug-likeness (QED) is 0.310. The summed E-state index contributed by atoms with van der Waals surface area (Å²) < 4.78 is 5.85. The first-order chi connectivity index (χ1) is 10.2. The van der Waals surface area contributed by atoms with Crippen molar-refractivity contribution in [3.05, 3.63) is 35.9 Å². The molecule has 0 bridgehead atoms. The minimum atomic E-state index is 0. The Bertz CT molecular complexity index is 452. The molecule has 22 heavy (non-hydrogen) atoms. The number of halogens is 1.